The van der Waals surface area contributed by atoms with Gasteiger partial charge in [-0.3, -0.25) is 4.39 Å². The predicted molar refractivity (Wildman–Crippen MR) is 41.6 cm³/mol. The molecule has 0 aliphatic carbocycles. The Kier molecular flexibility index (Phi) is 2.30. The van der Waals surface area contributed by atoms with Gasteiger partial charge < -0.3 is 14.8 Å². The predicted octanol–water partition coefficient (Wildman–Crippen LogP) is 0.308. The summed E-state index contributed by atoms with van der Waals surface area (Å²) in [6.45, 7) is 2.31. The van der Waals surface area contributed by atoms with Crippen LogP contribution in [0.15, 0.2) is 0 Å². The van der Waals surface area contributed by atoms with Gasteiger partial charge in [0.25, 0.3) is 0 Å². The number of hydrogen-bond acceptors (Lipinski definition) is 3. The molecule has 2 aliphatic rings. The molecular formula is C8H14FNO2. The summed E-state index contributed by atoms with van der Waals surface area (Å²) >= 11 is 0. The lowest BCUT2D eigenvalue weighted by molar-refractivity contribution is -0.276. The Morgan fingerprint density at radius 1 is 1.42 bits per heavy atom. The Hall–Kier alpha value is -0.190. The number of rotatable bonds is 1. The molecule has 0 aromatic carbocycles. The largest absolute Gasteiger partial charge is 0.348 e. The molecule has 3 nitrogen and oxygen atoms in total. The zero-order chi connectivity index (χ0) is 8.44. The second kappa shape index (κ2) is 3.28. The third kappa shape index (κ3) is 1.24. The van der Waals surface area contributed by atoms with Crippen molar-refractivity contribution in [1.29, 1.82) is 0 Å². The monoisotopic (exact) mass is 175 g/mol. The fourth-order valence-corrected chi connectivity index (χ4v) is 1.82. The van der Waals surface area contributed by atoms with Gasteiger partial charge in [0, 0.05) is 6.54 Å². The highest BCUT2D eigenvalue weighted by molar-refractivity contribution is 4.91. The zero-order valence-corrected chi connectivity index (χ0v) is 7.01. The van der Waals surface area contributed by atoms with Gasteiger partial charge in [0.15, 0.2) is 5.79 Å². The van der Waals surface area contributed by atoms with Crippen LogP contribution in [0.2, 0.25) is 0 Å². The Labute approximate surface area is 71.2 Å². The summed E-state index contributed by atoms with van der Waals surface area (Å²) in [6, 6.07) is 0. The molecule has 2 heterocycles. The van der Waals surface area contributed by atoms with Crippen molar-refractivity contribution >= 4 is 0 Å². The molecule has 12 heavy (non-hydrogen) atoms. The topological polar surface area (TPSA) is 30.5 Å². The van der Waals surface area contributed by atoms with E-state index < -0.39 is 5.79 Å². The van der Waals surface area contributed by atoms with E-state index in [4.69, 9.17) is 9.47 Å². The van der Waals surface area contributed by atoms with E-state index in [2.05, 4.69) is 5.32 Å². The van der Waals surface area contributed by atoms with Crippen LogP contribution in [0, 0.1) is 5.92 Å². The molecular weight excluding hydrogens is 161 g/mol. The van der Waals surface area contributed by atoms with E-state index in [1.807, 2.05) is 0 Å². The Morgan fingerprint density at radius 2 is 2.17 bits per heavy atom. The Bertz CT molecular complexity index is 159. The van der Waals surface area contributed by atoms with Gasteiger partial charge in [-0.15, -0.1) is 0 Å². The van der Waals surface area contributed by atoms with E-state index >= 15 is 0 Å². The summed E-state index contributed by atoms with van der Waals surface area (Å²) in [5.74, 6) is -0.773. The fourth-order valence-electron chi connectivity index (χ4n) is 1.82. The maximum absolute atomic E-state index is 12.5. The lowest BCUT2D eigenvalue weighted by Crippen LogP contribution is -2.48. The van der Waals surface area contributed by atoms with Gasteiger partial charge in [-0.1, -0.05) is 0 Å². The molecule has 0 aromatic rings. The van der Waals surface area contributed by atoms with E-state index in [0.29, 0.717) is 26.3 Å². The molecule has 1 spiro atoms. The first kappa shape index (κ1) is 8.41. The van der Waals surface area contributed by atoms with Crippen molar-refractivity contribution in [1.82, 2.24) is 5.32 Å². The van der Waals surface area contributed by atoms with Crippen LogP contribution in [0.1, 0.15) is 6.42 Å². The summed E-state index contributed by atoms with van der Waals surface area (Å²) in [5.41, 5.74) is 0. The van der Waals surface area contributed by atoms with Gasteiger partial charge in [0.05, 0.1) is 32.4 Å². The minimum atomic E-state index is -0.646. The van der Waals surface area contributed by atoms with Gasteiger partial charge in [-0.25, -0.2) is 0 Å². The summed E-state index contributed by atoms with van der Waals surface area (Å²) < 4.78 is 23.5. The summed E-state index contributed by atoms with van der Waals surface area (Å²) in [4.78, 5) is 0. The lowest BCUT2D eigenvalue weighted by atomic mass is 10.0. The minimum Gasteiger partial charge on any atom is -0.348 e. The van der Waals surface area contributed by atoms with Crippen LogP contribution in [0.5, 0.6) is 0 Å². The van der Waals surface area contributed by atoms with Crippen LogP contribution in [-0.4, -0.2) is 38.8 Å². The molecule has 0 aromatic heterocycles. The molecule has 0 saturated carbocycles. The number of alkyl halides is 1. The summed E-state index contributed by atoms with van der Waals surface area (Å²) in [5, 5.41) is 3.09. The third-order valence-corrected chi connectivity index (χ3v) is 2.55. The molecule has 2 rings (SSSR count). The second-order valence-corrected chi connectivity index (χ2v) is 3.34. The smallest absolute Gasteiger partial charge is 0.187 e. The van der Waals surface area contributed by atoms with E-state index in [-0.39, 0.29) is 12.6 Å². The zero-order valence-electron chi connectivity index (χ0n) is 7.01. The van der Waals surface area contributed by atoms with Crippen molar-refractivity contribution in [3.63, 3.8) is 0 Å². The summed E-state index contributed by atoms with van der Waals surface area (Å²) in [6.07, 6.45) is 0.917. The van der Waals surface area contributed by atoms with E-state index in [1.54, 1.807) is 0 Å². The number of hydrogen-bond donors (Lipinski definition) is 1. The average Bonchev–Trinajstić information content (AvgIpc) is 2.49. The van der Waals surface area contributed by atoms with Gasteiger partial charge in [0.2, 0.25) is 0 Å². The Morgan fingerprint density at radius 3 is 2.83 bits per heavy atom. The van der Waals surface area contributed by atoms with Crippen molar-refractivity contribution in [2.75, 3.05) is 33.0 Å². The first-order chi connectivity index (χ1) is 5.87. The first-order valence-corrected chi connectivity index (χ1v) is 4.42. The van der Waals surface area contributed by atoms with Gasteiger partial charge in [-0.2, -0.15) is 0 Å². The van der Waals surface area contributed by atoms with Crippen LogP contribution in [0.25, 0.3) is 0 Å². The highest BCUT2D eigenvalue weighted by Crippen LogP contribution is 2.30. The molecule has 70 valence electrons. The van der Waals surface area contributed by atoms with Crippen molar-refractivity contribution in [3.05, 3.63) is 0 Å². The molecule has 0 bridgehead atoms. The number of halogens is 1. The standard InChI is InChI=1S/C8H14FNO2/c9-4-7-5-10-6-8(7)11-2-1-3-12-8/h7,10H,1-6H2. The van der Waals surface area contributed by atoms with Crippen LogP contribution in [0.4, 0.5) is 4.39 Å². The quantitative estimate of drug-likeness (QED) is 0.622. The number of ether oxygens (including phenoxy) is 2. The van der Waals surface area contributed by atoms with Crippen LogP contribution in [0.3, 0.4) is 0 Å². The van der Waals surface area contributed by atoms with Crippen LogP contribution < -0.4 is 5.32 Å². The minimum absolute atomic E-state index is 0.127. The average molecular weight is 175 g/mol. The SMILES string of the molecule is FCC1CNCC12OCCCO2. The molecule has 4 heteroatoms. The van der Waals surface area contributed by atoms with Gasteiger partial charge >= 0.3 is 0 Å². The fraction of sp³-hybridized carbons (Fsp3) is 1.00. The maximum atomic E-state index is 12.5. The molecule has 0 radical (unpaired) electrons. The van der Waals surface area contributed by atoms with E-state index in [0.717, 1.165) is 6.42 Å². The normalized spacial score (nSPS) is 34.2. The van der Waals surface area contributed by atoms with Gasteiger partial charge in [0.1, 0.15) is 0 Å². The summed E-state index contributed by atoms with van der Waals surface area (Å²) in [7, 11) is 0. The molecule has 2 fully saturated rings. The molecule has 0 amide bonds. The molecule has 1 unspecified atom stereocenters. The highest BCUT2D eigenvalue weighted by atomic mass is 19.1. The van der Waals surface area contributed by atoms with Crippen LogP contribution in [-0.2, 0) is 9.47 Å². The Balaban J connectivity index is 2.05. The maximum Gasteiger partial charge on any atom is 0.187 e. The lowest BCUT2D eigenvalue weighted by Gasteiger charge is -2.36. The van der Waals surface area contributed by atoms with E-state index in [1.165, 1.54) is 0 Å². The molecule has 2 saturated heterocycles. The van der Waals surface area contributed by atoms with Crippen molar-refractivity contribution < 1.29 is 13.9 Å². The van der Waals surface area contributed by atoms with Gasteiger partial charge in [-0.05, 0) is 6.42 Å². The van der Waals surface area contributed by atoms with Crippen molar-refractivity contribution in [2.24, 2.45) is 5.92 Å². The molecule has 1 atom stereocenters. The van der Waals surface area contributed by atoms with Crippen molar-refractivity contribution in [2.45, 2.75) is 12.2 Å². The van der Waals surface area contributed by atoms with E-state index in [9.17, 15) is 4.39 Å². The molecule has 1 N–H and O–H groups in total. The molecule has 2 aliphatic heterocycles. The second-order valence-electron chi connectivity index (χ2n) is 3.34. The van der Waals surface area contributed by atoms with Crippen LogP contribution >= 0.6 is 0 Å². The highest BCUT2D eigenvalue weighted by Gasteiger charge is 2.46. The number of nitrogens with one attached hydrogen (secondary N) is 1. The third-order valence-electron chi connectivity index (χ3n) is 2.55. The van der Waals surface area contributed by atoms with Crippen molar-refractivity contribution in [3.8, 4) is 0 Å². The first-order valence-electron chi connectivity index (χ1n) is 4.42.